The Morgan fingerprint density at radius 2 is 1.97 bits per heavy atom. The summed E-state index contributed by atoms with van der Waals surface area (Å²) in [5, 5.41) is 0.672. The highest BCUT2D eigenvalue weighted by molar-refractivity contribution is 7.22. The lowest BCUT2D eigenvalue weighted by Crippen LogP contribution is -2.41. The number of benzene rings is 2. The first-order chi connectivity index (χ1) is 17.1. The van der Waals surface area contributed by atoms with Gasteiger partial charge >= 0.3 is 0 Å². The summed E-state index contributed by atoms with van der Waals surface area (Å²) < 4.78 is 11.8. The van der Waals surface area contributed by atoms with Gasteiger partial charge in [0.1, 0.15) is 5.75 Å². The Kier molecular flexibility index (Phi) is 8.79. The molecule has 2 aliphatic heterocycles. The van der Waals surface area contributed by atoms with Gasteiger partial charge in [0.25, 0.3) is 0 Å². The maximum Gasteiger partial charge on any atom is 0.234 e. The molecule has 36 heavy (non-hydrogen) atoms. The largest absolute Gasteiger partial charge is 0.497 e. The number of carbonyl (C=O) groups is 2. The second-order valence-corrected chi connectivity index (χ2v) is 9.88. The third-order valence-electron chi connectivity index (χ3n) is 6.58. The van der Waals surface area contributed by atoms with Crippen LogP contribution in [-0.2, 0) is 14.3 Å². The second kappa shape index (κ2) is 12.0. The van der Waals surface area contributed by atoms with Crippen LogP contribution in [0.25, 0.3) is 10.2 Å². The first-order valence-electron chi connectivity index (χ1n) is 12.0. The number of para-hydroxylation sites is 1. The smallest absolute Gasteiger partial charge is 0.234 e. The number of rotatable bonds is 8. The third-order valence-corrected chi connectivity index (χ3v) is 7.64. The summed E-state index contributed by atoms with van der Waals surface area (Å²) in [4.78, 5) is 37.3. The van der Waals surface area contributed by atoms with Crippen molar-refractivity contribution >= 4 is 56.6 Å². The molecule has 10 heteroatoms. The van der Waals surface area contributed by atoms with Gasteiger partial charge in [0, 0.05) is 50.9 Å². The number of methoxy groups -OCH3 is 1. The molecule has 2 amide bonds. The fraction of sp³-hybridized carbons (Fsp3) is 0.423. The monoisotopic (exact) mass is 530 g/mol. The number of carbonyl (C=O) groups excluding carboxylic acids is 2. The molecule has 1 unspecified atom stereocenters. The van der Waals surface area contributed by atoms with Crippen molar-refractivity contribution in [3.63, 3.8) is 0 Å². The van der Waals surface area contributed by atoms with Gasteiger partial charge in [-0.3, -0.25) is 19.4 Å². The van der Waals surface area contributed by atoms with Gasteiger partial charge in [0.15, 0.2) is 5.13 Å². The van der Waals surface area contributed by atoms with Crippen LogP contribution in [0.3, 0.4) is 0 Å². The lowest BCUT2D eigenvalue weighted by Gasteiger charge is -2.28. The Morgan fingerprint density at radius 1 is 1.19 bits per heavy atom. The molecule has 5 rings (SSSR count). The van der Waals surface area contributed by atoms with E-state index >= 15 is 0 Å². The summed E-state index contributed by atoms with van der Waals surface area (Å²) in [7, 11) is 1.63. The maximum atomic E-state index is 13.8. The number of morpholine rings is 1. The average Bonchev–Trinajstić information content (AvgIpc) is 3.50. The van der Waals surface area contributed by atoms with Gasteiger partial charge in [0.2, 0.25) is 11.8 Å². The van der Waals surface area contributed by atoms with Gasteiger partial charge in [-0.05, 0) is 30.7 Å². The minimum absolute atomic E-state index is 0. The molecular formula is C26H31ClN4O4S. The van der Waals surface area contributed by atoms with Crippen LogP contribution in [0.15, 0.2) is 48.5 Å². The second-order valence-electron chi connectivity index (χ2n) is 8.87. The van der Waals surface area contributed by atoms with Crippen molar-refractivity contribution in [3.05, 3.63) is 48.5 Å². The first kappa shape index (κ1) is 26.3. The molecule has 1 aromatic heterocycles. The minimum atomic E-state index is -0.396. The SMILES string of the molecule is COc1ccc2sc(N(CCCN3CCOCC3)C(=O)C3CC(=O)N(c4ccccc4)C3)nc2c1.Cl. The molecule has 2 fully saturated rings. The molecule has 192 valence electrons. The van der Waals surface area contributed by atoms with E-state index in [1.807, 2.05) is 48.5 Å². The molecular weight excluding hydrogens is 500 g/mol. The molecule has 0 aliphatic carbocycles. The number of ether oxygens (including phenoxy) is 2. The van der Waals surface area contributed by atoms with E-state index in [2.05, 4.69) is 4.90 Å². The molecule has 3 heterocycles. The van der Waals surface area contributed by atoms with E-state index in [-0.39, 0.29) is 30.6 Å². The van der Waals surface area contributed by atoms with Gasteiger partial charge in [-0.1, -0.05) is 29.5 Å². The van der Waals surface area contributed by atoms with Crippen LogP contribution in [0, 0.1) is 5.92 Å². The Labute approximate surface area is 221 Å². The number of hydrogen-bond acceptors (Lipinski definition) is 7. The molecule has 0 N–H and O–H groups in total. The summed E-state index contributed by atoms with van der Waals surface area (Å²) in [6.45, 7) is 5.18. The third kappa shape index (κ3) is 5.81. The van der Waals surface area contributed by atoms with Gasteiger partial charge in [0.05, 0.1) is 36.5 Å². The van der Waals surface area contributed by atoms with Crippen molar-refractivity contribution in [2.75, 3.05) is 62.8 Å². The van der Waals surface area contributed by atoms with Crippen molar-refractivity contribution in [2.24, 2.45) is 5.92 Å². The van der Waals surface area contributed by atoms with E-state index in [1.165, 1.54) is 11.3 Å². The molecule has 0 spiro atoms. The zero-order chi connectivity index (χ0) is 24.2. The van der Waals surface area contributed by atoms with Crippen LogP contribution in [0.1, 0.15) is 12.8 Å². The molecule has 2 saturated heterocycles. The van der Waals surface area contributed by atoms with Gasteiger partial charge in [-0.2, -0.15) is 0 Å². The maximum absolute atomic E-state index is 13.8. The predicted molar refractivity (Wildman–Crippen MR) is 145 cm³/mol. The topological polar surface area (TPSA) is 75.2 Å². The van der Waals surface area contributed by atoms with Gasteiger partial charge in [-0.25, -0.2) is 4.98 Å². The Balaban J connectivity index is 0.00000304. The van der Waals surface area contributed by atoms with Crippen molar-refractivity contribution in [3.8, 4) is 5.75 Å². The zero-order valence-corrected chi connectivity index (χ0v) is 21.9. The lowest BCUT2D eigenvalue weighted by atomic mass is 10.1. The number of amides is 2. The molecule has 0 radical (unpaired) electrons. The van der Waals surface area contributed by atoms with Crippen LogP contribution in [0.5, 0.6) is 5.75 Å². The molecule has 0 bridgehead atoms. The molecule has 8 nitrogen and oxygen atoms in total. The molecule has 2 aliphatic rings. The number of halogens is 1. The highest BCUT2D eigenvalue weighted by Crippen LogP contribution is 2.34. The Bertz CT molecular complexity index is 1190. The lowest BCUT2D eigenvalue weighted by molar-refractivity contribution is -0.124. The summed E-state index contributed by atoms with van der Waals surface area (Å²) in [6, 6.07) is 15.3. The number of hydrogen-bond donors (Lipinski definition) is 0. The molecule has 0 saturated carbocycles. The normalized spacial score (nSPS) is 18.3. The average molecular weight is 531 g/mol. The van der Waals surface area contributed by atoms with Gasteiger partial charge in [-0.15, -0.1) is 12.4 Å². The summed E-state index contributed by atoms with van der Waals surface area (Å²) in [5.41, 5.74) is 1.64. The quantitative estimate of drug-likeness (QED) is 0.440. The summed E-state index contributed by atoms with van der Waals surface area (Å²) >= 11 is 1.50. The molecule has 1 atom stereocenters. The number of thiazole rings is 1. The first-order valence-corrected chi connectivity index (χ1v) is 12.9. The van der Waals surface area contributed by atoms with E-state index in [0.717, 1.165) is 60.9 Å². The van der Waals surface area contributed by atoms with E-state index in [4.69, 9.17) is 14.5 Å². The summed E-state index contributed by atoms with van der Waals surface area (Å²) in [6.07, 6.45) is 1.04. The molecule has 2 aromatic carbocycles. The van der Waals surface area contributed by atoms with Crippen LogP contribution < -0.4 is 14.5 Å². The van der Waals surface area contributed by atoms with Crippen molar-refractivity contribution in [2.45, 2.75) is 12.8 Å². The van der Waals surface area contributed by atoms with Crippen LogP contribution in [-0.4, -0.2) is 74.7 Å². The predicted octanol–water partition coefficient (Wildman–Crippen LogP) is 3.84. The zero-order valence-electron chi connectivity index (χ0n) is 20.3. The number of aromatic nitrogens is 1. The van der Waals surface area contributed by atoms with Crippen molar-refractivity contribution in [1.29, 1.82) is 0 Å². The Hall–Kier alpha value is -2.72. The van der Waals surface area contributed by atoms with E-state index in [0.29, 0.717) is 18.2 Å². The highest BCUT2D eigenvalue weighted by Gasteiger charge is 2.38. The van der Waals surface area contributed by atoms with Crippen LogP contribution in [0.2, 0.25) is 0 Å². The van der Waals surface area contributed by atoms with Crippen LogP contribution >= 0.6 is 23.7 Å². The van der Waals surface area contributed by atoms with Crippen LogP contribution in [0.4, 0.5) is 10.8 Å². The van der Waals surface area contributed by atoms with Crippen molar-refractivity contribution in [1.82, 2.24) is 9.88 Å². The molecule has 3 aromatic rings. The minimum Gasteiger partial charge on any atom is -0.497 e. The highest BCUT2D eigenvalue weighted by atomic mass is 35.5. The van der Waals surface area contributed by atoms with Crippen molar-refractivity contribution < 1.29 is 19.1 Å². The fourth-order valence-electron chi connectivity index (χ4n) is 4.67. The standard InChI is InChI=1S/C26H30N4O4S.ClH/c1-33-21-8-9-23-22(17-21)27-26(35-23)29(11-5-10-28-12-14-34-15-13-28)25(32)19-16-24(31)30(18-19)20-6-3-2-4-7-20;/h2-4,6-9,17,19H,5,10-16,18H2,1H3;1H. The Morgan fingerprint density at radius 3 is 2.72 bits per heavy atom. The van der Waals surface area contributed by atoms with E-state index < -0.39 is 5.92 Å². The number of nitrogens with zero attached hydrogens (tertiary/aromatic N) is 4. The van der Waals surface area contributed by atoms with E-state index in [9.17, 15) is 9.59 Å². The van der Waals surface area contributed by atoms with E-state index in [1.54, 1.807) is 16.9 Å². The number of fused-ring (bicyclic) bond motifs is 1. The summed E-state index contributed by atoms with van der Waals surface area (Å²) in [5.74, 6) is 0.286. The number of anilines is 2. The fourth-order valence-corrected chi connectivity index (χ4v) is 5.64. The van der Waals surface area contributed by atoms with Gasteiger partial charge < -0.3 is 14.4 Å².